The zero-order chi connectivity index (χ0) is 18.6. The first kappa shape index (κ1) is 17.7. The summed E-state index contributed by atoms with van der Waals surface area (Å²) in [4.78, 5) is 13.4. The van der Waals surface area contributed by atoms with Crippen LogP contribution in [0.4, 0.5) is 11.8 Å². The Morgan fingerprint density at radius 1 is 1.19 bits per heavy atom. The summed E-state index contributed by atoms with van der Waals surface area (Å²) in [6.45, 7) is 5.15. The molecule has 3 aromatic rings. The molecule has 7 nitrogen and oxygen atoms in total. The van der Waals surface area contributed by atoms with Crippen LogP contribution in [0.15, 0.2) is 30.7 Å². The molecule has 0 amide bonds. The van der Waals surface area contributed by atoms with Crippen LogP contribution in [-0.2, 0) is 6.42 Å². The first-order chi connectivity index (χ1) is 13.3. The van der Waals surface area contributed by atoms with Gasteiger partial charge in [-0.15, -0.1) is 5.10 Å². The van der Waals surface area contributed by atoms with Gasteiger partial charge in [0.2, 0.25) is 5.95 Å². The highest BCUT2D eigenvalue weighted by Crippen LogP contribution is 2.40. The molecule has 0 radical (unpaired) electrons. The molecule has 1 aliphatic rings. The van der Waals surface area contributed by atoms with Gasteiger partial charge in [0.1, 0.15) is 0 Å². The average molecular weight is 365 g/mol. The molecule has 0 atom stereocenters. The maximum Gasteiger partial charge on any atom is 0.243 e. The molecule has 142 valence electrons. The van der Waals surface area contributed by atoms with E-state index in [0.717, 1.165) is 37.3 Å². The third-order valence-electron chi connectivity index (χ3n) is 5.16. The van der Waals surface area contributed by atoms with Crippen LogP contribution in [-0.4, -0.2) is 37.2 Å². The van der Waals surface area contributed by atoms with Crippen molar-refractivity contribution in [2.75, 3.05) is 17.2 Å². The van der Waals surface area contributed by atoms with E-state index in [0.29, 0.717) is 17.9 Å². The SMILES string of the molecule is CCC(CC)Nc1nc(NCCc2ccncc2)c2ncc(C3CC3)n2n1. The van der Waals surface area contributed by atoms with Crippen molar-refractivity contribution in [3.8, 4) is 0 Å². The third kappa shape index (κ3) is 4.02. The smallest absolute Gasteiger partial charge is 0.243 e. The standard InChI is InChI=1S/C20H27N7/c1-3-16(4-2)24-20-25-18(22-12-9-14-7-10-21-11-8-14)19-23-13-17(15-5-6-15)27(19)26-20/h7-8,10-11,13,15-16H,3-6,9,12H2,1-2H3,(H2,22,24,25,26). The first-order valence-corrected chi connectivity index (χ1v) is 9.93. The Labute approximate surface area is 159 Å². The van der Waals surface area contributed by atoms with E-state index in [1.165, 1.54) is 24.1 Å². The quantitative estimate of drug-likeness (QED) is 0.602. The van der Waals surface area contributed by atoms with E-state index in [4.69, 9.17) is 10.1 Å². The summed E-state index contributed by atoms with van der Waals surface area (Å²) in [5.74, 6) is 2.04. The van der Waals surface area contributed by atoms with Crippen molar-refractivity contribution in [3.05, 3.63) is 42.0 Å². The largest absolute Gasteiger partial charge is 0.366 e. The lowest BCUT2D eigenvalue weighted by Gasteiger charge is -2.16. The Hall–Kier alpha value is -2.70. The summed E-state index contributed by atoms with van der Waals surface area (Å²) in [7, 11) is 0. The monoisotopic (exact) mass is 365 g/mol. The first-order valence-electron chi connectivity index (χ1n) is 9.93. The van der Waals surface area contributed by atoms with Crippen LogP contribution >= 0.6 is 0 Å². The van der Waals surface area contributed by atoms with Gasteiger partial charge in [-0.3, -0.25) is 4.98 Å². The summed E-state index contributed by atoms with van der Waals surface area (Å²) in [5, 5.41) is 11.7. The van der Waals surface area contributed by atoms with Gasteiger partial charge in [0.15, 0.2) is 11.5 Å². The lowest BCUT2D eigenvalue weighted by molar-refractivity contribution is 0.659. The molecule has 0 saturated heterocycles. The molecule has 0 unspecified atom stereocenters. The number of anilines is 2. The van der Waals surface area contributed by atoms with E-state index >= 15 is 0 Å². The molecule has 1 aliphatic carbocycles. The van der Waals surface area contributed by atoms with Crippen molar-refractivity contribution in [1.29, 1.82) is 0 Å². The zero-order valence-electron chi connectivity index (χ0n) is 16.0. The van der Waals surface area contributed by atoms with Crippen LogP contribution in [0.5, 0.6) is 0 Å². The van der Waals surface area contributed by atoms with E-state index in [1.54, 1.807) is 0 Å². The van der Waals surface area contributed by atoms with E-state index in [-0.39, 0.29) is 0 Å². The van der Waals surface area contributed by atoms with Gasteiger partial charge in [-0.05, 0) is 49.8 Å². The maximum atomic E-state index is 4.74. The van der Waals surface area contributed by atoms with Crippen molar-refractivity contribution >= 4 is 17.4 Å². The fourth-order valence-electron chi connectivity index (χ4n) is 3.29. The van der Waals surface area contributed by atoms with Gasteiger partial charge in [0.25, 0.3) is 0 Å². The van der Waals surface area contributed by atoms with Crippen LogP contribution in [0.25, 0.3) is 5.65 Å². The van der Waals surface area contributed by atoms with Crippen molar-refractivity contribution in [2.24, 2.45) is 0 Å². The number of nitrogens with zero attached hydrogens (tertiary/aromatic N) is 5. The van der Waals surface area contributed by atoms with Crippen molar-refractivity contribution in [1.82, 2.24) is 24.6 Å². The van der Waals surface area contributed by atoms with Gasteiger partial charge in [-0.1, -0.05) is 13.8 Å². The Morgan fingerprint density at radius 2 is 1.96 bits per heavy atom. The fraction of sp³-hybridized carbons (Fsp3) is 0.500. The number of hydrogen-bond acceptors (Lipinski definition) is 6. The summed E-state index contributed by atoms with van der Waals surface area (Å²) in [6, 6.07) is 4.45. The van der Waals surface area contributed by atoms with Gasteiger partial charge in [0.05, 0.1) is 11.9 Å². The Morgan fingerprint density at radius 3 is 2.67 bits per heavy atom. The van der Waals surface area contributed by atoms with Crippen LogP contribution in [0.1, 0.15) is 56.7 Å². The second-order valence-corrected chi connectivity index (χ2v) is 7.17. The van der Waals surface area contributed by atoms with Crippen molar-refractivity contribution in [2.45, 2.75) is 57.9 Å². The summed E-state index contributed by atoms with van der Waals surface area (Å²) < 4.78 is 1.98. The molecule has 0 aromatic carbocycles. The number of pyridine rings is 1. The van der Waals surface area contributed by atoms with E-state index in [9.17, 15) is 0 Å². The molecule has 4 rings (SSSR count). The number of hydrogen-bond donors (Lipinski definition) is 2. The molecular weight excluding hydrogens is 338 g/mol. The highest BCUT2D eigenvalue weighted by molar-refractivity contribution is 5.64. The molecular formula is C20H27N7. The molecule has 0 aliphatic heterocycles. The summed E-state index contributed by atoms with van der Waals surface area (Å²) in [6.07, 6.45) is 11.0. The number of nitrogens with one attached hydrogen (secondary N) is 2. The Kier molecular flexibility index (Phi) is 5.18. The summed E-state index contributed by atoms with van der Waals surface area (Å²) in [5.41, 5.74) is 3.25. The van der Waals surface area contributed by atoms with Crippen LogP contribution in [0.3, 0.4) is 0 Å². The van der Waals surface area contributed by atoms with Gasteiger partial charge in [-0.25, -0.2) is 9.50 Å². The van der Waals surface area contributed by atoms with E-state index < -0.39 is 0 Å². The van der Waals surface area contributed by atoms with E-state index in [1.807, 2.05) is 35.2 Å². The second-order valence-electron chi connectivity index (χ2n) is 7.17. The number of rotatable bonds is 9. The molecule has 2 N–H and O–H groups in total. The van der Waals surface area contributed by atoms with Crippen molar-refractivity contribution < 1.29 is 0 Å². The highest BCUT2D eigenvalue weighted by atomic mass is 15.4. The highest BCUT2D eigenvalue weighted by Gasteiger charge is 2.28. The predicted octanol–water partition coefficient (Wildman–Crippen LogP) is 3.65. The van der Waals surface area contributed by atoms with Gasteiger partial charge < -0.3 is 10.6 Å². The molecule has 7 heteroatoms. The topological polar surface area (TPSA) is 80.0 Å². The Bertz CT molecular complexity index is 882. The zero-order valence-corrected chi connectivity index (χ0v) is 16.0. The molecule has 0 bridgehead atoms. The second kappa shape index (κ2) is 7.90. The van der Waals surface area contributed by atoms with Crippen LogP contribution in [0, 0.1) is 0 Å². The fourth-order valence-corrected chi connectivity index (χ4v) is 3.29. The third-order valence-corrected chi connectivity index (χ3v) is 5.16. The normalized spacial score (nSPS) is 14.0. The number of fused-ring (bicyclic) bond motifs is 1. The maximum absolute atomic E-state index is 4.74. The lowest BCUT2D eigenvalue weighted by atomic mass is 10.2. The average Bonchev–Trinajstić information content (AvgIpc) is 3.46. The molecule has 0 spiro atoms. The van der Waals surface area contributed by atoms with Gasteiger partial charge in [-0.2, -0.15) is 4.98 Å². The minimum Gasteiger partial charge on any atom is -0.366 e. The van der Waals surface area contributed by atoms with Gasteiger partial charge >= 0.3 is 0 Å². The molecule has 3 heterocycles. The van der Waals surface area contributed by atoms with Crippen molar-refractivity contribution in [3.63, 3.8) is 0 Å². The molecule has 27 heavy (non-hydrogen) atoms. The van der Waals surface area contributed by atoms with Gasteiger partial charge in [0, 0.05) is 30.9 Å². The summed E-state index contributed by atoms with van der Waals surface area (Å²) >= 11 is 0. The van der Waals surface area contributed by atoms with Crippen LogP contribution in [0.2, 0.25) is 0 Å². The molecule has 1 saturated carbocycles. The molecule has 3 aromatic heterocycles. The number of imidazole rings is 1. The minimum atomic E-state index is 0.375. The molecule has 1 fully saturated rings. The van der Waals surface area contributed by atoms with Crippen LogP contribution < -0.4 is 10.6 Å². The number of aromatic nitrogens is 5. The Balaban J connectivity index is 1.59. The minimum absolute atomic E-state index is 0.375. The predicted molar refractivity (Wildman–Crippen MR) is 107 cm³/mol. The lowest BCUT2D eigenvalue weighted by Crippen LogP contribution is -2.21. The van der Waals surface area contributed by atoms with E-state index in [2.05, 4.69) is 34.4 Å².